The van der Waals surface area contributed by atoms with Gasteiger partial charge in [-0.1, -0.05) is 25.5 Å². The van der Waals surface area contributed by atoms with Gasteiger partial charge < -0.3 is 19.5 Å². The summed E-state index contributed by atoms with van der Waals surface area (Å²) in [6, 6.07) is 19.9. The molecule has 0 aliphatic rings. The Morgan fingerprint density at radius 3 is 2.57 bits per heavy atom. The molecule has 0 spiro atoms. The van der Waals surface area contributed by atoms with Gasteiger partial charge in [-0.2, -0.15) is 5.10 Å². The van der Waals surface area contributed by atoms with Crippen LogP contribution in [0.5, 0.6) is 17.2 Å². The molecule has 0 heterocycles. The van der Waals surface area contributed by atoms with Gasteiger partial charge in [0, 0.05) is 5.69 Å². The summed E-state index contributed by atoms with van der Waals surface area (Å²) in [6.45, 7) is 4.76. The predicted octanol–water partition coefficient (Wildman–Crippen LogP) is 5.72. The molecular formula is C27H29N3O4S. The molecule has 0 aliphatic heterocycles. The van der Waals surface area contributed by atoms with Crippen LogP contribution >= 0.6 is 12.2 Å². The molecule has 182 valence electrons. The van der Waals surface area contributed by atoms with Gasteiger partial charge in [0.25, 0.3) is 0 Å². The number of esters is 1. The predicted molar refractivity (Wildman–Crippen MR) is 143 cm³/mol. The molecule has 0 bridgehead atoms. The van der Waals surface area contributed by atoms with Crippen LogP contribution < -0.4 is 25.0 Å². The SMILES string of the molecule is CCCCOc1ccc(C(=O)Oc2ccc(/C=N\NC(=S)Nc3cccc(C)c3)cc2OC)cc1. The molecule has 3 aromatic rings. The van der Waals surface area contributed by atoms with Crippen molar-refractivity contribution in [2.45, 2.75) is 26.7 Å². The smallest absolute Gasteiger partial charge is 0.343 e. The summed E-state index contributed by atoms with van der Waals surface area (Å²) in [7, 11) is 1.51. The van der Waals surface area contributed by atoms with Gasteiger partial charge in [0.05, 0.1) is 25.5 Å². The fourth-order valence-corrected chi connectivity index (χ4v) is 3.25. The monoisotopic (exact) mass is 491 g/mol. The zero-order valence-corrected chi connectivity index (χ0v) is 20.9. The van der Waals surface area contributed by atoms with Crippen LogP contribution in [0.4, 0.5) is 5.69 Å². The van der Waals surface area contributed by atoms with Gasteiger partial charge >= 0.3 is 5.97 Å². The first kappa shape index (κ1) is 25.7. The van der Waals surface area contributed by atoms with Crippen molar-refractivity contribution in [1.29, 1.82) is 0 Å². The summed E-state index contributed by atoms with van der Waals surface area (Å²) in [4.78, 5) is 12.6. The van der Waals surface area contributed by atoms with Crippen molar-refractivity contribution in [1.82, 2.24) is 5.43 Å². The topological polar surface area (TPSA) is 81.2 Å². The number of unbranched alkanes of at least 4 members (excludes halogenated alkanes) is 1. The Bertz CT molecular complexity index is 1180. The van der Waals surface area contributed by atoms with E-state index in [9.17, 15) is 4.79 Å². The minimum Gasteiger partial charge on any atom is -0.494 e. The van der Waals surface area contributed by atoms with Crippen LogP contribution in [-0.4, -0.2) is 31.0 Å². The molecule has 0 atom stereocenters. The molecule has 0 aromatic heterocycles. The zero-order chi connectivity index (χ0) is 25.0. The number of anilines is 1. The van der Waals surface area contributed by atoms with Crippen molar-refractivity contribution < 1.29 is 19.0 Å². The van der Waals surface area contributed by atoms with E-state index in [0.717, 1.165) is 35.4 Å². The fourth-order valence-electron chi connectivity index (χ4n) is 3.08. The van der Waals surface area contributed by atoms with Gasteiger partial charge in [0.15, 0.2) is 16.6 Å². The second-order valence-corrected chi connectivity index (χ2v) is 8.13. The third-order valence-electron chi connectivity index (χ3n) is 4.90. The molecular weight excluding hydrogens is 462 g/mol. The van der Waals surface area contributed by atoms with Crippen LogP contribution in [0.2, 0.25) is 0 Å². The number of hydrogen-bond donors (Lipinski definition) is 2. The Hall–Kier alpha value is -3.91. The first-order valence-corrected chi connectivity index (χ1v) is 11.7. The van der Waals surface area contributed by atoms with Crippen LogP contribution in [0.15, 0.2) is 71.8 Å². The highest BCUT2D eigenvalue weighted by Crippen LogP contribution is 2.28. The lowest BCUT2D eigenvalue weighted by Gasteiger charge is -2.11. The van der Waals surface area contributed by atoms with E-state index >= 15 is 0 Å². The van der Waals surface area contributed by atoms with Gasteiger partial charge in [0.1, 0.15) is 5.75 Å². The maximum absolute atomic E-state index is 12.6. The molecule has 7 nitrogen and oxygen atoms in total. The molecule has 3 rings (SSSR count). The Morgan fingerprint density at radius 2 is 1.86 bits per heavy atom. The highest BCUT2D eigenvalue weighted by atomic mass is 32.1. The molecule has 3 aromatic carbocycles. The van der Waals surface area contributed by atoms with Crippen molar-refractivity contribution in [3.05, 3.63) is 83.4 Å². The highest BCUT2D eigenvalue weighted by molar-refractivity contribution is 7.80. The van der Waals surface area contributed by atoms with Crippen LogP contribution in [0, 0.1) is 6.92 Å². The molecule has 0 aliphatic carbocycles. The Morgan fingerprint density at radius 1 is 1.06 bits per heavy atom. The van der Waals surface area contributed by atoms with Gasteiger partial charge in [-0.15, -0.1) is 0 Å². The number of rotatable bonds is 10. The van der Waals surface area contributed by atoms with Crippen LogP contribution in [0.1, 0.15) is 41.3 Å². The number of carbonyl (C=O) groups excluding carboxylic acids is 1. The lowest BCUT2D eigenvalue weighted by Crippen LogP contribution is -2.23. The molecule has 0 saturated carbocycles. The van der Waals surface area contributed by atoms with E-state index in [1.165, 1.54) is 7.11 Å². The zero-order valence-electron chi connectivity index (χ0n) is 20.0. The van der Waals surface area contributed by atoms with E-state index in [1.54, 1.807) is 48.7 Å². The van der Waals surface area contributed by atoms with Crippen LogP contribution in [0.3, 0.4) is 0 Å². The maximum Gasteiger partial charge on any atom is 0.343 e. The summed E-state index contributed by atoms with van der Waals surface area (Å²) in [6.07, 6.45) is 3.64. The normalized spacial score (nSPS) is 10.6. The lowest BCUT2D eigenvalue weighted by molar-refractivity contribution is 0.0729. The second kappa shape index (κ2) is 13.1. The molecule has 8 heteroatoms. The third-order valence-corrected chi connectivity index (χ3v) is 5.10. The van der Waals surface area contributed by atoms with E-state index in [4.69, 9.17) is 26.4 Å². The Kier molecular flexibility index (Phi) is 9.62. The number of hydrogen-bond acceptors (Lipinski definition) is 6. The number of nitrogens with zero attached hydrogens (tertiary/aromatic N) is 1. The quantitative estimate of drug-likeness (QED) is 0.0937. The van der Waals surface area contributed by atoms with Crippen LogP contribution in [-0.2, 0) is 0 Å². The molecule has 0 amide bonds. The number of benzene rings is 3. The molecule has 35 heavy (non-hydrogen) atoms. The van der Waals surface area contributed by atoms with E-state index in [-0.39, 0.29) is 0 Å². The lowest BCUT2D eigenvalue weighted by atomic mass is 10.2. The molecule has 0 fully saturated rings. The molecule has 0 radical (unpaired) electrons. The average Bonchev–Trinajstić information content (AvgIpc) is 2.85. The van der Waals surface area contributed by atoms with Gasteiger partial charge in [-0.3, -0.25) is 5.43 Å². The molecule has 0 saturated heterocycles. The number of hydrazone groups is 1. The standard InChI is InChI=1S/C27H29N3O4S/c1-4-5-15-33-23-12-10-21(11-13-23)26(31)34-24-14-9-20(17-25(24)32-3)18-28-30-27(35)29-22-8-6-7-19(2)16-22/h6-14,16-18H,4-5,15H2,1-3H3,(H2,29,30,35)/b28-18-. The van der Waals surface area contributed by atoms with Crippen molar-refractivity contribution in [2.75, 3.05) is 19.0 Å². The summed E-state index contributed by atoms with van der Waals surface area (Å²) in [5.41, 5.74) is 5.94. The van der Waals surface area contributed by atoms with E-state index in [1.807, 2.05) is 31.2 Å². The van der Waals surface area contributed by atoms with Crippen molar-refractivity contribution in [3.8, 4) is 17.2 Å². The van der Waals surface area contributed by atoms with E-state index < -0.39 is 5.97 Å². The number of methoxy groups -OCH3 is 1. The average molecular weight is 492 g/mol. The second-order valence-electron chi connectivity index (χ2n) is 7.72. The third kappa shape index (κ3) is 8.12. The number of aryl methyl sites for hydroxylation is 1. The minimum atomic E-state index is -0.487. The summed E-state index contributed by atoms with van der Waals surface area (Å²) in [5, 5.41) is 7.59. The summed E-state index contributed by atoms with van der Waals surface area (Å²) in [5.74, 6) is 0.947. The van der Waals surface area contributed by atoms with Crippen molar-refractivity contribution in [3.63, 3.8) is 0 Å². The summed E-state index contributed by atoms with van der Waals surface area (Å²) < 4.78 is 16.6. The van der Waals surface area contributed by atoms with Crippen molar-refractivity contribution >= 4 is 35.2 Å². The Labute approximate surface area is 211 Å². The molecule has 0 unspecified atom stereocenters. The fraction of sp³-hybridized carbons (Fsp3) is 0.222. The first-order valence-electron chi connectivity index (χ1n) is 11.3. The van der Waals surface area contributed by atoms with Gasteiger partial charge in [-0.05, 0) is 91.3 Å². The number of ether oxygens (including phenoxy) is 3. The number of nitrogens with one attached hydrogen (secondary N) is 2. The van der Waals surface area contributed by atoms with Gasteiger partial charge in [-0.25, -0.2) is 4.79 Å². The first-order chi connectivity index (χ1) is 17.0. The number of thiocarbonyl (C=S) groups is 1. The van der Waals surface area contributed by atoms with E-state index in [0.29, 0.717) is 28.8 Å². The number of carbonyl (C=O) groups is 1. The van der Waals surface area contributed by atoms with Crippen molar-refractivity contribution in [2.24, 2.45) is 5.10 Å². The minimum absolute atomic E-state index is 0.308. The summed E-state index contributed by atoms with van der Waals surface area (Å²) >= 11 is 5.27. The van der Waals surface area contributed by atoms with Crippen LogP contribution in [0.25, 0.3) is 0 Å². The maximum atomic E-state index is 12.6. The van der Waals surface area contributed by atoms with E-state index in [2.05, 4.69) is 22.8 Å². The molecule has 2 N–H and O–H groups in total. The highest BCUT2D eigenvalue weighted by Gasteiger charge is 2.13. The van der Waals surface area contributed by atoms with Gasteiger partial charge in [0.2, 0.25) is 0 Å². The Balaban J connectivity index is 1.57. The largest absolute Gasteiger partial charge is 0.494 e.